The van der Waals surface area contributed by atoms with Gasteiger partial charge in [-0.1, -0.05) is 48.6 Å². The first-order valence-electron chi connectivity index (χ1n) is 9.45. The van der Waals surface area contributed by atoms with Crippen LogP contribution in [0.5, 0.6) is 11.5 Å². The molecular formula is C23H29NO2S. The standard InChI is InChI=1S/C23H29NO2S/c1-24(2)14-13-20(23-10-7-15-27-23)19-11-12-21(22(16-19)25-3)26-17-18-8-5-4-6-9-18/h4-12,16,20,23H,13-15,17H2,1-3H3. The van der Waals surface area contributed by atoms with E-state index < -0.39 is 0 Å². The molecule has 27 heavy (non-hydrogen) atoms. The first kappa shape index (κ1) is 19.8. The highest BCUT2D eigenvalue weighted by molar-refractivity contribution is 8.00. The van der Waals surface area contributed by atoms with Crippen molar-refractivity contribution in [2.75, 3.05) is 33.5 Å². The first-order valence-corrected chi connectivity index (χ1v) is 10.5. The zero-order valence-corrected chi connectivity index (χ0v) is 17.2. The van der Waals surface area contributed by atoms with Gasteiger partial charge in [-0.25, -0.2) is 0 Å². The third-order valence-electron chi connectivity index (χ3n) is 4.85. The fourth-order valence-corrected chi connectivity index (χ4v) is 4.54. The number of methoxy groups -OCH3 is 1. The van der Waals surface area contributed by atoms with Crippen LogP contribution >= 0.6 is 11.8 Å². The lowest BCUT2D eigenvalue weighted by molar-refractivity contribution is 0.284. The zero-order chi connectivity index (χ0) is 19.1. The molecule has 2 aromatic carbocycles. The topological polar surface area (TPSA) is 21.7 Å². The first-order chi connectivity index (χ1) is 13.2. The molecule has 2 aromatic rings. The van der Waals surface area contributed by atoms with Crippen molar-refractivity contribution in [1.82, 2.24) is 4.90 Å². The fraction of sp³-hybridized carbons (Fsp3) is 0.391. The maximum Gasteiger partial charge on any atom is 0.161 e. The average molecular weight is 384 g/mol. The van der Waals surface area contributed by atoms with E-state index in [1.165, 1.54) is 5.56 Å². The summed E-state index contributed by atoms with van der Waals surface area (Å²) in [5.41, 5.74) is 2.48. The Bertz CT molecular complexity index is 745. The van der Waals surface area contributed by atoms with Gasteiger partial charge < -0.3 is 14.4 Å². The van der Waals surface area contributed by atoms with Gasteiger partial charge in [0, 0.05) is 16.9 Å². The summed E-state index contributed by atoms with van der Waals surface area (Å²) in [5, 5.41) is 0.533. The van der Waals surface area contributed by atoms with Crippen molar-refractivity contribution in [3.05, 3.63) is 71.8 Å². The lowest BCUT2D eigenvalue weighted by Gasteiger charge is -2.25. The highest BCUT2D eigenvalue weighted by Gasteiger charge is 2.25. The zero-order valence-electron chi connectivity index (χ0n) is 16.4. The van der Waals surface area contributed by atoms with Crippen LogP contribution in [0.15, 0.2) is 60.7 Å². The Morgan fingerprint density at radius 1 is 1.11 bits per heavy atom. The van der Waals surface area contributed by atoms with Gasteiger partial charge in [0.15, 0.2) is 11.5 Å². The van der Waals surface area contributed by atoms with Crippen LogP contribution in [0.1, 0.15) is 23.5 Å². The monoisotopic (exact) mass is 383 g/mol. The molecule has 2 atom stereocenters. The maximum absolute atomic E-state index is 6.02. The van der Waals surface area contributed by atoms with Crippen LogP contribution in [0.4, 0.5) is 0 Å². The quantitative estimate of drug-likeness (QED) is 0.569. The smallest absolute Gasteiger partial charge is 0.161 e. The molecule has 3 nitrogen and oxygen atoms in total. The van der Waals surface area contributed by atoms with Gasteiger partial charge in [0.25, 0.3) is 0 Å². The van der Waals surface area contributed by atoms with Gasteiger partial charge in [-0.05, 0) is 50.3 Å². The van der Waals surface area contributed by atoms with Crippen LogP contribution in [-0.2, 0) is 6.61 Å². The number of ether oxygens (including phenoxy) is 2. The molecule has 0 saturated heterocycles. The highest BCUT2D eigenvalue weighted by Crippen LogP contribution is 2.39. The van der Waals surface area contributed by atoms with E-state index in [0.29, 0.717) is 17.8 Å². The normalized spacial score (nSPS) is 17.3. The van der Waals surface area contributed by atoms with Crippen LogP contribution in [0, 0.1) is 0 Å². The molecule has 0 fully saturated rings. The van der Waals surface area contributed by atoms with E-state index in [4.69, 9.17) is 9.47 Å². The summed E-state index contributed by atoms with van der Waals surface area (Å²) >= 11 is 2.02. The summed E-state index contributed by atoms with van der Waals surface area (Å²) in [5.74, 6) is 3.20. The van der Waals surface area contributed by atoms with Gasteiger partial charge in [0.2, 0.25) is 0 Å². The minimum atomic E-state index is 0.480. The maximum atomic E-state index is 6.02. The Kier molecular flexibility index (Phi) is 7.25. The molecule has 0 aromatic heterocycles. The minimum absolute atomic E-state index is 0.480. The van der Waals surface area contributed by atoms with Crippen molar-refractivity contribution >= 4 is 11.8 Å². The lowest BCUT2D eigenvalue weighted by atomic mass is 9.91. The van der Waals surface area contributed by atoms with Crippen LogP contribution in [-0.4, -0.2) is 43.7 Å². The summed E-state index contributed by atoms with van der Waals surface area (Å²) < 4.78 is 11.7. The van der Waals surface area contributed by atoms with Gasteiger partial charge in [-0.3, -0.25) is 0 Å². The van der Waals surface area contributed by atoms with Crippen LogP contribution in [0.25, 0.3) is 0 Å². The number of hydrogen-bond donors (Lipinski definition) is 0. The Balaban J connectivity index is 1.76. The molecule has 1 aliphatic rings. The minimum Gasteiger partial charge on any atom is -0.493 e. The van der Waals surface area contributed by atoms with Gasteiger partial charge in [0.1, 0.15) is 6.61 Å². The van der Waals surface area contributed by atoms with Crippen LogP contribution in [0.2, 0.25) is 0 Å². The van der Waals surface area contributed by atoms with E-state index in [1.807, 2.05) is 30.0 Å². The van der Waals surface area contributed by atoms with Crippen molar-refractivity contribution in [3.8, 4) is 11.5 Å². The third kappa shape index (κ3) is 5.53. The summed E-state index contributed by atoms with van der Waals surface area (Å²) in [6.45, 7) is 1.62. The molecule has 0 aliphatic carbocycles. The molecule has 0 radical (unpaired) electrons. The van der Waals surface area contributed by atoms with Gasteiger partial charge in [0.05, 0.1) is 7.11 Å². The van der Waals surface area contributed by atoms with E-state index in [0.717, 1.165) is 35.8 Å². The molecule has 2 unspecified atom stereocenters. The molecule has 1 aliphatic heterocycles. The molecule has 0 bridgehead atoms. The second kappa shape index (κ2) is 9.86. The molecule has 144 valence electrons. The van der Waals surface area contributed by atoms with Crippen molar-refractivity contribution < 1.29 is 9.47 Å². The Hall–Kier alpha value is -1.91. The predicted molar refractivity (Wildman–Crippen MR) is 115 cm³/mol. The summed E-state index contributed by atoms with van der Waals surface area (Å²) in [6.07, 6.45) is 5.77. The average Bonchev–Trinajstić information content (AvgIpc) is 3.22. The van der Waals surface area contributed by atoms with Gasteiger partial charge in [-0.2, -0.15) is 0 Å². The lowest BCUT2D eigenvalue weighted by Crippen LogP contribution is -2.20. The van der Waals surface area contributed by atoms with Gasteiger partial charge >= 0.3 is 0 Å². The van der Waals surface area contributed by atoms with E-state index in [-0.39, 0.29) is 0 Å². The summed E-state index contributed by atoms with van der Waals surface area (Å²) in [7, 11) is 5.99. The van der Waals surface area contributed by atoms with E-state index in [9.17, 15) is 0 Å². The van der Waals surface area contributed by atoms with Crippen molar-refractivity contribution in [3.63, 3.8) is 0 Å². The van der Waals surface area contributed by atoms with Crippen LogP contribution < -0.4 is 9.47 Å². The Morgan fingerprint density at radius 3 is 2.59 bits per heavy atom. The number of hydrogen-bond acceptors (Lipinski definition) is 4. The second-order valence-corrected chi connectivity index (χ2v) is 8.32. The summed E-state index contributed by atoms with van der Waals surface area (Å²) in [6, 6.07) is 16.6. The summed E-state index contributed by atoms with van der Waals surface area (Å²) in [4.78, 5) is 2.25. The largest absolute Gasteiger partial charge is 0.493 e. The predicted octanol–water partition coefficient (Wildman–Crippen LogP) is 4.98. The van der Waals surface area contributed by atoms with E-state index in [2.05, 4.69) is 61.5 Å². The molecule has 0 saturated carbocycles. The number of thioether (sulfide) groups is 1. The Labute approximate surface area is 167 Å². The number of rotatable bonds is 9. The molecule has 0 amide bonds. The second-order valence-electron chi connectivity index (χ2n) is 7.11. The number of benzene rings is 2. The van der Waals surface area contributed by atoms with E-state index in [1.54, 1.807) is 7.11 Å². The van der Waals surface area contributed by atoms with Crippen molar-refractivity contribution in [2.45, 2.75) is 24.2 Å². The highest BCUT2D eigenvalue weighted by atomic mass is 32.2. The SMILES string of the molecule is COc1cc(C(CCN(C)C)C2C=CCS2)ccc1OCc1ccccc1. The van der Waals surface area contributed by atoms with Crippen molar-refractivity contribution in [1.29, 1.82) is 0 Å². The third-order valence-corrected chi connectivity index (χ3v) is 6.10. The van der Waals surface area contributed by atoms with Crippen molar-refractivity contribution in [2.24, 2.45) is 0 Å². The molecule has 0 N–H and O–H groups in total. The van der Waals surface area contributed by atoms with Gasteiger partial charge in [-0.15, -0.1) is 11.8 Å². The molecule has 0 spiro atoms. The van der Waals surface area contributed by atoms with E-state index >= 15 is 0 Å². The molecule has 1 heterocycles. The number of nitrogens with zero attached hydrogens (tertiary/aromatic N) is 1. The Morgan fingerprint density at radius 2 is 1.93 bits per heavy atom. The fourth-order valence-electron chi connectivity index (χ4n) is 3.35. The molecule has 3 rings (SSSR count). The van der Waals surface area contributed by atoms with Crippen LogP contribution in [0.3, 0.4) is 0 Å². The molecule has 4 heteroatoms. The molecular weight excluding hydrogens is 354 g/mol.